The van der Waals surface area contributed by atoms with E-state index in [1.807, 2.05) is 18.2 Å². The molecule has 0 aliphatic carbocycles. The van der Waals surface area contributed by atoms with Gasteiger partial charge < -0.3 is 14.5 Å². The van der Waals surface area contributed by atoms with E-state index in [1.165, 1.54) is 12.1 Å². The van der Waals surface area contributed by atoms with Crippen LogP contribution in [0.2, 0.25) is 0 Å². The number of hydrogen-bond acceptors (Lipinski definition) is 6. The summed E-state index contributed by atoms with van der Waals surface area (Å²) in [5, 5.41) is 11.0. The number of fused-ring (bicyclic) bond motifs is 2. The fourth-order valence-corrected chi connectivity index (χ4v) is 3.61. The number of H-pyrrole nitrogens is 1. The van der Waals surface area contributed by atoms with E-state index in [9.17, 15) is 14.7 Å². The van der Waals surface area contributed by atoms with Crippen LogP contribution in [0.25, 0.3) is 21.9 Å². The normalized spacial score (nSPS) is 11.5. The van der Waals surface area contributed by atoms with Crippen molar-refractivity contribution in [2.45, 2.75) is 32.9 Å². The molecule has 4 rings (SSSR count). The second-order valence-electron chi connectivity index (χ2n) is 7.37. The standard InChI is InChI=1S/C23H23N3O4/c1-2-3-10-26(14-21-24-19-7-5-4-6-18(19)23(29)25-21)13-15-11-22(28)30-20-12-16(27)8-9-17(15)20/h4-9,11-12,27H,2-3,10,13-14H2,1H3,(H,24,25,29). The third-order valence-electron chi connectivity index (χ3n) is 5.07. The summed E-state index contributed by atoms with van der Waals surface area (Å²) in [7, 11) is 0. The van der Waals surface area contributed by atoms with E-state index in [0.717, 1.165) is 30.3 Å². The van der Waals surface area contributed by atoms with E-state index in [4.69, 9.17) is 4.42 Å². The third-order valence-corrected chi connectivity index (χ3v) is 5.07. The summed E-state index contributed by atoms with van der Waals surface area (Å²) in [6.07, 6.45) is 1.99. The van der Waals surface area contributed by atoms with Crippen LogP contribution in [0.3, 0.4) is 0 Å². The largest absolute Gasteiger partial charge is 0.508 e. The molecule has 154 valence electrons. The molecule has 2 heterocycles. The Morgan fingerprint density at radius 3 is 2.73 bits per heavy atom. The van der Waals surface area contributed by atoms with Gasteiger partial charge in [0.1, 0.15) is 17.2 Å². The number of benzene rings is 2. The number of phenolic OH excluding ortho intramolecular Hbond substituents is 1. The smallest absolute Gasteiger partial charge is 0.336 e. The molecule has 0 spiro atoms. The van der Waals surface area contributed by atoms with Gasteiger partial charge in [-0.25, -0.2) is 9.78 Å². The van der Waals surface area contributed by atoms with Gasteiger partial charge in [-0.3, -0.25) is 9.69 Å². The molecule has 0 aliphatic rings. The van der Waals surface area contributed by atoms with E-state index in [-0.39, 0.29) is 11.3 Å². The average molecular weight is 405 g/mol. The summed E-state index contributed by atoms with van der Waals surface area (Å²) >= 11 is 0. The van der Waals surface area contributed by atoms with Gasteiger partial charge in [-0.15, -0.1) is 0 Å². The Hall–Kier alpha value is -3.45. The Morgan fingerprint density at radius 2 is 1.90 bits per heavy atom. The van der Waals surface area contributed by atoms with Gasteiger partial charge in [0, 0.05) is 24.1 Å². The highest BCUT2D eigenvalue weighted by molar-refractivity contribution is 5.81. The summed E-state index contributed by atoms with van der Waals surface area (Å²) in [5.41, 5.74) is 1.20. The lowest BCUT2D eigenvalue weighted by Crippen LogP contribution is -2.27. The fraction of sp³-hybridized carbons (Fsp3) is 0.261. The summed E-state index contributed by atoms with van der Waals surface area (Å²) in [4.78, 5) is 34.1. The summed E-state index contributed by atoms with van der Waals surface area (Å²) in [6, 6.07) is 13.5. The quantitative estimate of drug-likeness (QED) is 0.456. The van der Waals surface area contributed by atoms with Crippen LogP contribution < -0.4 is 11.2 Å². The molecule has 7 heteroatoms. The fourth-order valence-electron chi connectivity index (χ4n) is 3.61. The molecule has 2 aromatic carbocycles. The zero-order chi connectivity index (χ0) is 21.1. The van der Waals surface area contributed by atoms with Crippen molar-refractivity contribution in [2.24, 2.45) is 0 Å². The van der Waals surface area contributed by atoms with Crippen LogP contribution in [0.1, 0.15) is 31.2 Å². The Bertz CT molecular complexity index is 1310. The number of unbranched alkanes of at least 4 members (excludes halogenated alkanes) is 1. The molecular formula is C23H23N3O4. The van der Waals surface area contributed by atoms with Crippen LogP contribution in [-0.2, 0) is 13.1 Å². The number of hydrogen-bond donors (Lipinski definition) is 2. The first kappa shape index (κ1) is 19.8. The SMILES string of the molecule is CCCCN(Cc1nc2ccccc2c(=O)[nH]1)Cc1cc(=O)oc2cc(O)ccc12. The summed E-state index contributed by atoms with van der Waals surface area (Å²) in [5.74, 6) is 0.628. The van der Waals surface area contributed by atoms with E-state index < -0.39 is 5.63 Å². The highest BCUT2D eigenvalue weighted by Crippen LogP contribution is 2.23. The van der Waals surface area contributed by atoms with Crippen LogP contribution in [0, 0.1) is 0 Å². The first-order valence-corrected chi connectivity index (χ1v) is 9.99. The van der Waals surface area contributed by atoms with Gasteiger partial charge in [-0.05, 0) is 42.8 Å². The minimum absolute atomic E-state index is 0.0450. The molecule has 2 N–H and O–H groups in total. The molecule has 0 radical (unpaired) electrons. The zero-order valence-electron chi connectivity index (χ0n) is 16.7. The lowest BCUT2D eigenvalue weighted by Gasteiger charge is -2.22. The van der Waals surface area contributed by atoms with Crippen molar-refractivity contribution in [3.63, 3.8) is 0 Å². The van der Waals surface area contributed by atoms with E-state index in [1.54, 1.807) is 18.2 Å². The lowest BCUT2D eigenvalue weighted by atomic mass is 10.1. The number of nitrogens with one attached hydrogen (secondary N) is 1. The Labute approximate surface area is 172 Å². The number of nitrogens with zero attached hydrogens (tertiary/aromatic N) is 2. The van der Waals surface area contributed by atoms with Crippen molar-refractivity contribution in [2.75, 3.05) is 6.54 Å². The molecule has 7 nitrogen and oxygen atoms in total. The second kappa shape index (κ2) is 8.51. The van der Waals surface area contributed by atoms with Crippen molar-refractivity contribution >= 4 is 21.9 Å². The summed E-state index contributed by atoms with van der Waals surface area (Å²) < 4.78 is 5.23. The molecule has 30 heavy (non-hydrogen) atoms. The lowest BCUT2D eigenvalue weighted by molar-refractivity contribution is 0.247. The van der Waals surface area contributed by atoms with Crippen molar-refractivity contribution in [3.05, 3.63) is 80.7 Å². The van der Waals surface area contributed by atoms with Crippen molar-refractivity contribution in [1.29, 1.82) is 0 Å². The van der Waals surface area contributed by atoms with Gasteiger partial charge in [-0.2, -0.15) is 0 Å². The highest BCUT2D eigenvalue weighted by Gasteiger charge is 2.14. The van der Waals surface area contributed by atoms with Crippen molar-refractivity contribution in [3.8, 4) is 5.75 Å². The van der Waals surface area contributed by atoms with Gasteiger partial charge in [0.25, 0.3) is 5.56 Å². The summed E-state index contributed by atoms with van der Waals surface area (Å²) in [6.45, 7) is 3.83. The Balaban J connectivity index is 1.68. The molecule has 0 unspecified atom stereocenters. The predicted molar refractivity (Wildman–Crippen MR) is 116 cm³/mol. The maximum Gasteiger partial charge on any atom is 0.336 e. The van der Waals surface area contributed by atoms with Gasteiger partial charge in [-0.1, -0.05) is 25.5 Å². The minimum atomic E-state index is -0.462. The van der Waals surface area contributed by atoms with Crippen LogP contribution in [-0.4, -0.2) is 26.5 Å². The average Bonchev–Trinajstić information content (AvgIpc) is 2.71. The van der Waals surface area contributed by atoms with E-state index in [0.29, 0.717) is 35.4 Å². The maximum absolute atomic E-state index is 12.4. The Kier molecular flexibility index (Phi) is 5.63. The number of aromatic hydroxyl groups is 1. The number of aromatic amines is 1. The van der Waals surface area contributed by atoms with E-state index >= 15 is 0 Å². The highest BCUT2D eigenvalue weighted by atomic mass is 16.4. The first-order valence-electron chi connectivity index (χ1n) is 9.99. The molecule has 0 saturated heterocycles. The zero-order valence-corrected chi connectivity index (χ0v) is 16.7. The molecule has 2 aromatic heterocycles. The third kappa shape index (κ3) is 4.26. The van der Waals surface area contributed by atoms with Gasteiger partial charge in [0.05, 0.1) is 17.4 Å². The monoisotopic (exact) mass is 405 g/mol. The minimum Gasteiger partial charge on any atom is -0.508 e. The number of aromatic nitrogens is 2. The maximum atomic E-state index is 12.4. The van der Waals surface area contributed by atoms with Crippen LogP contribution >= 0.6 is 0 Å². The Morgan fingerprint density at radius 1 is 1.07 bits per heavy atom. The van der Waals surface area contributed by atoms with Gasteiger partial charge >= 0.3 is 5.63 Å². The molecular weight excluding hydrogens is 382 g/mol. The van der Waals surface area contributed by atoms with Gasteiger partial charge in [0.15, 0.2) is 0 Å². The number of para-hydroxylation sites is 1. The number of rotatable bonds is 7. The van der Waals surface area contributed by atoms with Crippen LogP contribution in [0.4, 0.5) is 0 Å². The second-order valence-corrected chi connectivity index (χ2v) is 7.37. The van der Waals surface area contributed by atoms with Crippen LogP contribution in [0.15, 0.2) is 62.5 Å². The molecule has 0 saturated carbocycles. The molecule has 4 aromatic rings. The first-order chi connectivity index (χ1) is 14.5. The molecule has 0 aliphatic heterocycles. The predicted octanol–water partition coefficient (Wildman–Crippen LogP) is 3.54. The molecule has 0 bridgehead atoms. The molecule has 0 atom stereocenters. The van der Waals surface area contributed by atoms with Crippen LogP contribution in [0.5, 0.6) is 5.75 Å². The van der Waals surface area contributed by atoms with Gasteiger partial charge in [0.2, 0.25) is 0 Å². The van der Waals surface area contributed by atoms with Crippen molar-refractivity contribution < 1.29 is 9.52 Å². The molecule has 0 amide bonds. The molecule has 0 fully saturated rings. The van der Waals surface area contributed by atoms with E-state index in [2.05, 4.69) is 21.8 Å². The topological polar surface area (TPSA) is 99.4 Å². The van der Waals surface area contributed by atoms with Crippen molar-refractivity contribution in [1.82, 2.24) is 14.9 Å². The number of phenols is 1.